The molecule has 7 nitrogen and oxygen atoms in total. The second kappa shape index (κ2) is 8.07. The van der Waals surface area contributed by atoms with Gasteiger partial charge in [-0.2, -0.15) is 0 Å². The summed E-state index contributed by atoms with van der Waals surface area (Å²) in [5.74, 6) is -0.0204. The molecule has 10 heteroatoms. The van der Waals surface area contributed by atoms with Crippen molar-refractivity contribution in [1.82, 2.24) is 14.6 Å². The Morgan fingerprint density at radius 1 is 1.29 bits per heavy atom. The lowest BCUT2D eigenvalue weighted by Crippen LogP contribution is -2.27. The molecule has 0 unspecified atom stereocenters. The number of anilines is 2. The average Bonchev–Trinajstić information content (AvgIpc) is 3.27. The van der Waals surface area contributed by atoms with E-state index in [-0.39, 0.29) is 11.9 Å². The van der Waals surface area contributed by atoms with Gasteiger partial charge in [0.05, 0.1) is 6.04 Å². The van der Waals surface area contributed by atoms with Crippen LogP contribution < -0.4 is 10.2 Å². The number of fused-ring (bicyclic) bond motifs is 1. The second-order valence-electron chi connectivity index (χ2n) is 8.36. The van der Waals surface area contributed by atoms with Crippen molar-refractivity contribution in [2.45, 2.75) is 45.3 Å². The zero-order valence-electron chi connectivity index (χ0n) is 17.3. The first kappa shape index (κ1) is 21.5. The minimum Gasteiger partial charge on any atom is -0.444 e. The van der Waals surface area contributed by atoms with E-state index >= 15 is 0 Å². The summed E-state index contributed by atoms with van der Waals surface area (Å²) in [6.45, 7) is 5.98. The largest absolute Gasteiger partial charge is 0.444 e. The molecular weight excluding hydrogens is 472 g/mol. The number of aromatic nitrogens is 3. The zero-order valence-corrected chi connectivity index (χ0v) is 18.9. The number of nitrogens with one attached hydrogen (secondary N) is 1. The lowest BCUT2D eigenvalue weighted by molar-refractivity contribution is 0.0635. The molecule has 1 atom stereocenters. The summed E-state index contributed by atoms with van der Waals surface area (Å²) < 4.78 is 35.4. The van der Waals surface area contributed by atoms with Gasteiger partial charge < -0.3 is 9.64 Å². The Hall–Kier alpha value is -2.75. The molecule has 0 aliphatic carbocycles. The first-order chi connectivity index (χ1) is 14.6. The van der Waals surface area contributed by atoms with Crippen LogP contribution in [0.1, 0.15) is 45.2 Å². The summed E-state index contributed by atoms with van der Waals surface area (Å²) in [6.07, 6.45) is 2.61. The monoisotopic (exact) mass is 493 g/mol. The van der Waals surface area contributed by atoms with E-state index in [0.717, 1.165) is 18.6 Å². The van der Waals surface area contributed by atoms with Gasteiger partial charge in [-0.15, -0.1) is 5.10 Å². The summed E-state index contributed by atoms with van der Waals surface area (Å²) in [5.41, 5.74) is 0.158. The number of hydrogen-bond acceptors (Lipinski definition) is 5. The van der Waals surface area contributed by atoms with Crippen molar-refractivity contribution in [2.75, 3.05) is 16.8 Å². The molecule has 4 rings (SSSR count). The normalized spacial score (nSPS) is 16.7. The van der Waals surface area contributed by atoms with Crippen LogP contribution in [0.5, 0.6) is 0 Å². The summed E-state index contributed by atoms with van der Waals surface area (Å²) in [4.78, 5) is 18.7. The van der Waals surface area contributed by atoms with Crippen molar-refractivity contribution in [1.29, 1.82) is 0 Å². The molecule has 0 radical (unpaired) electrons. The Morgan fingerprint density at radius 2 is 2.06 bits per heavy atom. The van der Waals surface area contributed by atoms with Crippen LogP contribution in [0, 0.1) is 11.6 Å². The molecule has 3 aromatic rings. The third-order valence-corrected chi connectivity index (χ3v) is 5.63. The fourth-order valence-electron chi connectivity index (χ4n) is 3.67. The van der Waals surface area contributed by atoms with Gasteiger partial charge in [0.2, 0.25) is 0 Å². The number of nitrogens with zero attached hydrogens (tertiary/aromatic N) is 4. The second-order valence-corrected chi connectivity index (χ2v) is 9.15. The fourth-order valence-corrected chi connectivity index (χ4v) is 4.12. The van der Waals surface area contributed by atoms with Crippen molar-refractivity contribution in [2.24, 2.45) is 0 Å². The highest BCUT2D eigenvalue weighted by molar-refractivity contribution is 9.10. The van der Waals surface area contributed by atoms with Crippen molar-refractivity contribution in [3.05, 3.63) is 52.1 Å². The maximum atomic E-state index is 14.4. The molecule has 1 amide bonds. The van der Waals surface area contributed by atoms with E-state index in [1.165, 1.54) is 10.6 Å². The Kier molecular flexibility index (Phi) is 5.59. The number of carbonyl (C=O) groups excluding carboxylic acids is 1. The Morgan fingerprint density at radius 3 is 2.81 bits per heavy atom. The van der Waals surface area contributed by atoms with Gasteiger partial charge in [-0.3, -0.25) is 5.32 Å². The fraction of sp³-hybridized carbons (Fsp3) is 0.381. The van der Waals surface area contributed by atoms with E-state index < -0.39 is 23.3 Å². The Balaban J connectivity index is 1.64. The van der Waals surface area contributed by atoms with Crippen LogP contribution in [0.2, 0.25) is 0 Å². The van der Waals surface area contributed by atoms with Gasteiger partial charge >= 0.3 is 6.09 Å². The van der Waals surface area contributed by atoms with Gasteiger partial charge in [-0.1, -0.05) is 0 Å². The van der Waals surface area contributed by atoms with Crippen LogP contribution in [-0.2, 0) is 4.74 Å². The molecule has 2 aromatic heterocycles. The van der Waals surface area contributed by atoms with E-state index in [2.05, 4.69) is 31.3 Å². The summed E-state index contributed by atoms with van der Waals surface area (Å²) in [5, 5.41) is 6.93. The molecule has 0 saturated carbocycles. The SMILES string of the molecule is CC(C)(C)OC(=O)Nc1nn2ccc(N3CCC[C@@H]3c3cc(F)ccc3F)nc2c1Br. The average molecular weight is 494 g/mol. The van der Waals surface area contributed by atoms with Crippen LogP contribution in [0.25, 0.3) is 5.65 Å². The molecule has 1 fully saturated rings. The first-order valence-electron chi connectivity index (χ1n) is 9.89. The maximum absolute atomic E-state index is 14.4. The Bertz CT molecular complexity index is 1140. The van der Waals surface area contributed by atoms with Gasteiger partial charge in [0.15, 0.2) is 11.5 Å². The highest BCUT2D eigenvalue weighted by atomic mass is 79.9. The van der Waals surface area contributed by atoms with Crippen LogP contribution in [-0.4, -0.2) is 32.8 Å². The lowest BCUT2D eigenvalue weighted by atomic mass is 10.0. The highest BCUT2D eigenvalue weighted by Crippen LogP contribution is 2.37. The number of halogens is 3. The predicted molar refractivity (Wildman–Crippen MR) is 116 cm³/mol. The topological polar surface area (TPSA) is 71.8 Å². The molecule has 3 heterocycles. The summed E-state index contributed by atoms with van der Waals surface area (Å²) in [6, 6.07) is 4.96. The number of hydrogen-bond donors (Lipinski definition) is 1. The number of carbonyl (C=O) groups is 1. The number of benzene rings is 1. The molecule has 164 valence electrons. The zero-order chi connectivity index (χ0) is 22.3. The quantitative estimate of drug-likeness (QED) is 0.524. The number of rotatable bonds is 3. The van der Waals surface area contributed by atoms with Crippen LogP contribution >= 0.6 is 15.9 Å². The van der Waals surface area contributed by atoms with E-state index in [1.54, 1.807) is 33.0 Å². The van der Waals surface area contributed by atoms with Crippen molar-refractivity contribution >= 4 is 39.3 Å². The van der Waals surface area contributed by atoms with Crippen molar-refractivity contribution in [3.63, 3.8) is 0 Å². The third-order valence-electron chi connectivity index (χ3n) is 4.90. The van der Waals surface area contributed by atoms with Crippen LogP contribution in [0.3, 0.4) is 0 Å². The molecule has 0 bridgehead atoms. The molecule has 0 spiro atoms. The standard InChI is InChI=1S/C21H22BrF2N5O2/c1-21(2,3)31-20(30)26-18-17(22)19-25-16(8-10-29(19)27-18)28-9-4-5-15(28)13-11-12(23)6-7-14(13)24/h6-8,10-11,15H,4-5,9H2,1-3H3,(H,26,27,30)/t15-/m1/s1. The molecule has 1 saturated heterocycles. The third kappa shape index (κ3) is 4.48. The molecule has 1 aromatic carbocycles. The minimum atomic E-state index is -0.641. The smallest absolute Gasteiger partial charge is 0.413 e. The van der Waals surface area contributed by atoms with Crippen molar-refractivity contribution < 1.29 is 18.3 Å². The molecular formula is C21H22BrF2N5O2. The minimum absolute atomic E-state index is 0.271. The maximum Gasteiger partial charge on any atom is 0.413 e. The van der Waals surface area contributed by atoms with Gasteiger partial charge in [0.1, 0.15) is 27.5 Å². The molecule has 31 heavy (non-hydrogen) atoms. The van der Waals surface area contributed by atoms with E-state index in [1.807, 2.05) is 4.90 Å². The number of amides is 1. The van der Waals surface area contributed by atoms with Crippen LogP contribution in [0.15, 0.2) is 34.9 Å². The van der Waals surface area contributed by atoms with E-state index in [4.69, 9.17) is 4.74 Å². The summed E-state index contributed by atoms with van der Waals surface area (Å²) >= 11 is 3.44. The molecule has 1 aliphatic heterocycles. The lowest BCUT2D eigenvalue weighted by Gasteiger charge is -2.26. The molecule has 1 N–H and O–H groups in total. The van der Waals surface area contributed by atoms with E-state index in [9.17, 15) is 13.6 Å². The van der Waals surface area contributed by atoms with Gasteiger partial charge in [-0.25, -0.2) is 23.1 Å². The van der Waals surface area contributed by atoms with E-state index in [0.29, 0.717) is 34.5 Å². The van der Waals surface area contributed by atoms with Crippen LogP contribution in [0.4, 0.5) is 25.2 Å². The Labute approximate surface area is 186 Å². The summed E-state index contributed by atoms with van der Waals surface area (Å²) in [7, 11) is 0. The van der Waals surface area contributed by atoms with Gasteiger partial charge in [0.25, 0.3) is 0 Å². The number of ether oxygens (including phenoxy) is 1. The predicted octanol–water partition coefficient (Wildman–Crippen LogP) is 5.46. The highest BCUT2D eigenvalue weighted by Gasteiger charge is 2.30. The molecule has 1 aliphatic rings. The van der Waals surface area contributed by atoms with Crippen molar-refractivity contribution in [3.8, 4) is 0 Å². The first-order valence-corrected chi connectivity index (χ1v) is 10.7. The van der Waals surface area contributed by atoms with Gasteiger partial charge in [-0.05, 0) is 73.8 Å². The van der Waals surface area contributed by atoms with Gasteiger partial charge in [0, 0.05) is 18.3 Å².